The standard InChI is InChI=1S/C18H22FN5O2/c1-23-7-3-5-13(9-23)21-17(25)15-10-24(11-16(15)22-18(20)26)14-6-2-4-12(19)8-14/h2,4,6,8,10-11,13H,3,5,7,9H2,1H3,(H,21,25)(H3,20,22,26)/t13-/m0/s1. The number of primary amides is 1. The summed E-state index contributed by atoms with van der Waals surface area (Å²) >= 11 is 0. The molecular weight excluding hydrogens is 337 g/mol. The van der Waals surface area contributed by atoms with Crippen LogP contribution >= 0.6 is 0 Å². The molecule has 26 heavy (non-hydrogen) atoms. The molecule has 0 aliphatic carbocycles. The summed E-state index contributed by atoms with van der Waals surface area (Å²) in [6.07, 6.45) is 5.01. The molecule has 1 fully saturated rings. The van der Waals surface area contributed by atoms with Gasteiger partial charge in [0.2, 0.25) is 0 Å². The van der Waals surface area contributed by atoms with Crippen molar-refractivity contribution in [2.24, 2.45) is 5.73 Å². The number of nitrogens with two attached hydrogens (primary N) is 1. The van der Waals surface area contributed by atoms with E-state index in [-0.39, 0.29) is 23.2 Å². The first-order valence-corrected chi connectivity index (χ1v) is 8.46. The molecule has 1 aliphatic rings. The molecular formula is C18H22FN5O2. The zero-order valence-corrected chi connectivity index (χ0v) is 14.5. The van der Waals surface area contributed by atoms with E-state index in [0.29, 0.717) is 5.69 Å². The van der Waals surface area contributed by atoms with Gasteiger partial charge in [-0.3, -0.25) is 4.79 Å². The maximum atomic E-state index is 13.5. The van der Waals surface area contributed by atoms with E-state index in [0.717, 1.165) is 25.9 Å². The van der Waals surface area contributed by atoms with Crippen LogP contribution in [0.3, 0.4) is 0 Å². The van der Waals surface area contributed by atoms with Gasteiger partial charge in [0.05, 0.1) is 11.3 Å². The van der Waals surface area contributed by atoms with Crippen LogP contribution in [-0.2, 0) is 0 Å². The Kier molecular flexibility index (Phi) is 5.22. The topological polar surface area (TPSA) is 92.4 Å². The highest BCUT2D eigenvalue weighted by atomic mass is 19.1. The molecule has 0 bridgehead atoms. The van der Waals surface area contributed by atoms with E-state index < -0.39 is 11.8 Å². The van der Waals surface area contributed by atoms with Crippen molar-refractivity contribution in [3.8, 4) is 5.69 Å². The minimum atomic E-state index is -0.770. The summed E-state index contributed by atoms with van der Waals surface area (Å²) in [6.45, 7) is 1.78. The third-order valence-electron chi connectivity index (χ3n) is 4.40. The molecule has 1 aliphatic heterocycles. The van der Waals surface area contributed by atoms with Gasteiger partial charge in [0.25, 0.3) is 5.91 Å². The maximum absolute atomic E-state index is 13.5. The quantitative estimate of drug-likeness (QED) is 0.779. The zero-order valence-electron chi connectivity index (χ0n) is 14.5. The Labute approximate surface area is 151 Å². The van der Waals surface area contributed by atoms with Crippen LogP contribution in [0, 0.1) is 5.82 Å². The van der Waals surface area contributed by atoms with Gasteiger partial charge in [-0.2, -0.15) is 0 Å². The predicted octanol–water partition coefficient (Wildman–Crippen LogP) is 1.93. The summed E-state index contributed by atoms with van der Waals surface area (Å²) < 4.78 is 15.1. The molecule has 138 valence electrons. The molecule has 0 spiro atoms. The summed E-state index contributed by atoms with van der Waals surface area (Å²) in [7, 11) is 2.01. The first kappa shape index (κ1) is 17.9. The Balaban J connectivity index is 1.86. The number of urea groups is 1. The second-order valence-corrected chi connectivity index (χ2v) is 6.54. The first-order chi connectivity index (χ1) is 12.4. The Morgan fingerprint density at radius 1 is 1.31 bits per heavy atom. The molecule has 2 aromatic rings. The van der Waals surface area contributed by atoms with E-state index in [1.165, 1.54) is 12.1 Å². The Morgan fingerprint density at radius 3 is 2.81 bits per heavy atom. The molecule has 0 unspecified atom stereocenters. The van der Waals surface area contributed by atoms with Crippen molar-refractivity contribution in [2.45, 2.75) is 18.9 Å². The minimum Gasteiger partial charge on any atom is -0.351 e. The Morgan fingerprint density at radius 2 is 2.12 bits per heavy atom. The Bertz CT molecular complexity index is 820. The predicted molar refractivity (Wildman–Crippen MR) is 96.9 cm³/mol. The highest BCUT2D eigenvalue weighted by Gasteiger charge is 2.22. The SMILES string of the molecule is CN1CCC[C@H](NC(=O)c2cn(-c3cccc(F)c3)cc2NC(N)=O)C1. The van der Waals surface area contributed by atoms with Crippen LogP contribution in [0.15, 0.2) is 36.7 Å². The number of rotatable bonds is 4. The van der Waals surface area contributed by atoms with Gasteiger partial charge in [-0.1, -0.05) is 6.07 Å². The van der Waals surface area contributed by atoms with Crippen LogP contribution in [0.2, 0.25) is 0 Å². The average Bonchev–Trinajstić information content (AvgIpc) is 2.98. The van der Waals surface area contributed by atoms with Crippen LogP contribution in [0.1, 0.15) is 23.2 Å². The molecule has 3 rings (SSSR count). The Hall–Kier alpha value is -2.87. The number of amides is 3. The third-order valence-corrected chi connectivity index (χ3v) is 4.40. The first-order valence-electron chi connectivity index (χ1n) is 8.46. The van der Waals surface area contributed by atoms with E-state index >= 15 is 0 Å². The summed E-state index contributed by atoms with van der Waals surface area (Å²) in [5.74, 6) is -0.693. The monoisotopic (exact) mass is 359 g/mol. The molecule has 2 heterocycles. The largest absolute Gasteiger partial charge is 0.351 e. The molecule has 7 nitrogen and oxygen atoms in total. The van der Waals surface area contributed by atoms with Gasteiger partial charge in [-0.15, -0.1) is 0 Å². The molecule has 8 heteroatoms. The van der Waals surface area contributed by atoms with Crippen molar-refractivity contribution >= 4 is 17.6 Å². The number of hydrogen-bond donors (Lipinski definition) is 3. The van der Waals surface area contributed by atoms with E-state index in [4.69, 9.17) is 5.73 Å². The van der Waals surface area contributed by atoms with Crippen LogP contribution in [0.5, 0.6) is 0 Å². The van der Waals surface area contributed by atoms with E-state index in [1.54, 1.807) is 29.1 Å². The van der Waals surface area contributed by atoms with Gasteiger partial charge >= 0.3 is 6.03 Å². The molecule has 3 amide bonds. The lowest BCUT2D eigenvalue weighted by Crippen LogP contribution is -2.46. The van der Waals surface area contributed by atoms with Gasteiger partial charge in [0, 0.05) is 30.7 Å². The molecule has 4 N–H and O–H groups in total. The summed E-state index contributed by atoms with van der Waals surface area (Å²) in [6, 6.07) is 5.22. The van der Waals surface area contributed by atoms with Gasteiger partial charge in [0.1, 0.15) is 5.82 Å². The lowest BCUT2D eigenvalue weighted by Gasteiger charge is -2.30. The van der Waals surface area contributed by atoms with Crippen LogP contribution < -0.4 is 16.4 Å². The van der Waals surface area contributed by atoms with Crippen molar-refractivity contribution in [3.05, 3.63) is 48.0 Å². The van der Waals surface area contributed by atoms with Crippen molar-refractivity contribution in [1.29, 1.82) is 0 Å². The van der Waals surface area contributed by atoms with Crippen molar-refractivity contribution in [1.82, 2.24) is 14.8 Å². The highest BCUT2D eigenvalue weighted by molar-refractivity contribution is 6.03. The van der Waals surface area contributed by atoms with E-state index in [2.05, 4.69) is 15.5 Å². The average molecular weight is 359 g/mol. The van der Waals surface area contributed by atoms with Crippen molar-refractivity contribution < 1.29 is 14.0 Å². The number of carbonyl (C=O) groups is 2. The number of carbonyl (C=O) groups excluding carboxylic acids is 2. The molecule has 0 radical (unpaired) electrons. The molecule has 1 saturated heterocycles. The number of anilines is 1. The molecule has 1 aromatic carbocycles. The van der Waals surface area contributed by atoms with Crippen LogP contribution in [0.4, 0.5) is 14.9 Å². The summed E-state index contributed by atoms with van der Waals surface area (Å²) in [5, 5.41) is 5.45. The zero-order chi connectivity index (χ0) is 18.7. The number of likely N-dealkylation sites (tertiary alicyclic amines) is 1. The number of nitrogens with one attached hydrogen (secondary N) is 2. The summed E-state index contributed by atoms with van der Waals surface area (Å²) in [5.41, 5.74) is 6.31. The highest BCUT2D eigenvalue weighted by Crippen LogP contribution is 2.22. The molecule has 1 aromatic heterocycles. The fraction of sp³-hybridized carbons (Fsp3) is 0.333. The fourth-order valence-electron chi connectivity index (χ4n) is 3.20. The smallest absolute Gasteiger partial charge is 0.316 e. The van der Waals surface area contributed by atoms with Crippen LogP contribution in [0.25, 0.3) is 5.69 Å². The van der Waals surface area contributed by atoms with Gasteiger partial charge in [-0.25, -0.2) is 9.18 Å². The van der Waals surface area contributed by atoms with Crippen LogP contribution in [-0.4, -0.2) is 47.6 Å². The van der Waals surface area contributed by atoms with Gasteiger partial charge < -0.3 is 25.8 Å². The normalized spacial score (nSPS) is 17.7. The van der Waals surface area contributed by atoms with E-state index in [9.17, 15) is 14.0 Å². The lowest BCUT2D eigenvalue weighted by molar-refractivity contribution is 0.0913. The fourth-order valence-corrected chi connectivity index (χ4v) is 3.20. The van der Waals surface area contributed by atoms with E-state index in [1.807, 2.05) is 7.05 Å². The molecule has 1 atom stereocenters. The third kappa shape index (κ3) is 4.20. The number of likely N-dealkylation sites (N-methyl/N-ethyl adjacent to an activating group) is 1. The maximum Gasteiger partial charge on any atom is 0.316 e. The van der Waals surface area contributed by atoms with Gasteiger partial charge in [0.15, 0.2) is 0 Å². The van der Waals surface area contributed by atoms with Crippen molar-refractivity contribution in [2.75, 3.05) is 25.5 Å². The number of hydrogen-bond acceptors (Lipinski definition) is 3. The second-order valence-electron chi connectivity index (χ2n) is 6.54. The number of benzene rings is 1. The molecule has 0 saturated carbocycles. The number of aromatic nitrogens is 1. The number of nitrogens with zero attached hydrogens (tertiary/aromatic N) is 2. The number of piperidine rings is 1. The second kappa shape index (κ2) is 7.57. The van der Waals surface area contributed by atoms with Crippen molar-refractivity contribution in [3.63, 3.8) is 0 Å². The lowest BCUT2D eigenvalue weighted by atomic mass is 10.1. The number of halogens is 1. The summed E-state index contributed by atoms with van der Waals surface area (Å²) in [4.78, 5) is 26.2. The van der Waals surface area contributed by atoms with Gasteiger partial charge in [-0.05, 0) is 44.6 Å². The minimum absolute atomic E-state index is 0.0418.